The van der Waals surface area contributed by atoms with Gasteiger partial charge in [-0.1, -0.05) is 12.1 Å². The minimum atomic E-state index is -0.0462. The molecule has 0 unspecified atom stereocenters. The highest BCUT2D eigenvalue weighted by Gasteiger charge is 2.26. The Kier molecular flexibility index (Phi) is 4.97. The van der Waals surface area contributed by atoms with Gasteiger partial charge in [0.25, 0.3) is 0 Å². The molecule has 3 aromatic rings. The van der Waals surface area contributed by atoms with Gasteiger partial charge in [0.1, 0.15) is 0 Å². The van der Waals surface area contributed by atoms with Crippen LogP contribution in [0.15, 0.2) is 40.9 Å². The van der Waals surface area contributed by atoms with Crippen molar-refractivity contribution >= 4 is 11.6 Å². The van der Waals surface area contributed by atoms with Gasteiger partial charge in [-0.05, 0) is 43.1 Å². The minimum absolute atomic E-state index is 0.0462. The summed E-state index contributed by atoms with van der Waals surface area (Å²) >= 11 is 0. The number of aryl methyl sites for hydroxylation is 1. The number of aromatic amines is 1. The van der Waals surface area contributed by atoms with Gasteiger partial charge in [0, 0.05) is 25.4 Å². The number of H-pyrrole nitrogens is 1. The van der Waals surface area contributed by atoms with Crippen LogP contribution in [0, 0.1) is 12.8 Å². The van der Waals surface area contributed by atoms with Crippen LogP contribution in [0.25, 0.3) is 11.3 Å². The lowest BCUT2D eigenvalue weighted by molar-refractivity contribution is -0.121. The molecule has 2 aromatic heterocycles. The second-order valence-corrected chi connectivity index (χ2v) is 6.83. The van der Waals surface area contributed by atoms with E-state index in [1.54, 1.807) is 13.1 Å². The summed E-state index contributed by atoms with van der Waals surface area (Å²) < 4.78 is 5.45. The topological polar surface area (TPSA) is 99.9 Å². The van der Waals surface area contributed by atoms with E-state index in [4.69, 9.17) is 4.42 Å². The van der Waals surface area contributed by atoms with Crippen LogP contribution in [-0.4, -0.2) is 44.3 Å². The number of carbonyl (C=O) groups excluding carboxylic acids is 1. The number of rotatable bonds is 5. The summed E-state index contributed by atoms with van der Waals surface area (Å²) in [5.74, 6) is 1.17. The van der Waals surface area contributed by atoms with Crippen molar-refractivity contribution in [3.63, 3.8) is 0 Å². The Labute approximate surface area is 157 Å². The molecule has 2 N–H and O–H groups in total. The minimum Gasteiger partial charge on any atom is -0.424 e. The number of amides is 1. The molecule has 1 fully saturated rings. The van der Waals surface area contributed by atoms with E-state index >= 15 is 0 Å². The molecule has 0 saturated carbocycles. The molecule has 1 saturated heterocycles. The first kappa shape index (κ1) is 17.4. The summed E-state index contributed by atoms with van der Waals surface area (Å²) in [6, 6.07) is 9.67. The molecule has 0 radical (unpaired) electrons. The number of hydrogen-bond acceptors (Lipinski definition) is 6. The molecule has 1 aromatic carbocycles. The van der Waals surface area contributed by atoms with E-state index in [2.05, 4.69) is 30.6 Å². The van der Waals surface area contributed by atoms with E-state index < -0.39 is 0 Å². The van der Waals surface area contributed by atoms with Crippen molar-refractivity contribution in [3.05, 3.63) is 48.3 Å². The third-order valence-corrected chi connectivity index (χ3v) is 4.77. The first-order valence-electron chi connectivity index (χ1n) is 9.09. The van der Waals surface area contributed by atoms with Crippen LogP contribution in [0.5, 0.6) is 0 Å². The maximum absolute atomic E-state index is 12.7. The lowest BCUT2D eigenvalue weighted by Crippen LogP contribution is -2.40. The number of carbonyl (C=O) groups is 1. The molecule has 0 bridgehead atoms. The van der Waals surface area contributed by atoms with Crippen molar-refractivity contribution in [1.29, 1.82) is 0 Å². The zero-order valence-electron chi connectivity index (χ0n) is 15.2. The van der Waals surface area contributed by atoms with Crippen molar-refractivity contribution < 1.29 is 9.21 Å². The number of nitrogens with zero attached hydrogens (tertiary/aromatic N) is 4. The third-order valence-electron chi connectivity index (χ3n) is 4.77. The molecule has 27 heavy (non-hydrogen) atoms. The van der Waals surface area contributed by atoms with E-state index in [1.807, 2.05) is 30.3 Å². The zero-order chi connectivity index (χ0) is 18.6. The van der Waals surface area contributed by atoms with E-state index in [1.165, 1.54) is 0 Å². The van der Waals surface area contributed by atoms with Crippen molar-refractivity contribution in [1.82, 2.24) is 25.3 Å². The van der Waals surface area contributed by atoms with Gasteiger partial charge in [0.05, 0.1) is 18.2 Å². The Morgan fingerprint density at radius 1 is 1.30 bits per heavy atom. The second-order valence-electron chi connectivity index (χ2n) is 6.83. The van der Waals surface area contributed by atoms with Gasteiger partial charge in [0.15, 0.2) is 0 Å². The van der Waals surface area contributed by atoms with Crippen LogP contribution in [-0.2, 0) is 11.3 Å². The first-order chi connectivity index (χ1) is 13.2. The quantitative estimate of drug-likeness (QED) is 0.720. The molecule has 1 atom stereocenters. The van der Waals surface area contributed by atoms with Gasteiger partial charge < -0.3 is 9.73 Å². The molecule has 0 spiro atoms. The molecular formula is C19H22N6O2. The summed E-state index contributed by atoms with van der Waals surface area (Å²) in [5.41, 5.74) is 2.78. The highest BCUT2D eigenvalue weighted by molar-refractivity contribution is 5.93. The van der Waals surface area contributed by atoms with Gasteiger partial charge in [0.2, 0.25) is 17.7 Å². The summed E-state index contributed by atoms with van der Waals surface area (Å²) in [6.07, 6.45) is 3.58. The molecule has 0 aliphatic carbocycles. The second kappa shape index (κ2) is 7.71. The fourth-order valence-electron chi connectivity index (χ4n) is 3.40. The number of hydrogen-bond donors (Lipinski definition) is 2. The molecule has 1 aliphatic rings. The van der Waals surface area contributed by atoms with Gasteiger partial charge in [-0.2, -0.15) is 5.10 Å². The standard InChI is InChI=1S/C19H22N6O2/c1-13-22-24-18(27-13)12-25-10-2-3-15(11-25)19(26)21-16-6-4-14(5-7-16)17-8-9-20-23-17/h4-9,15H,2-3,10-12H2,1H3,(H,20,23)(H,21,26)/t15-/m1/s1. The number of benzene rings is 1. The molecule has 1 amide bonds. The van der Waals surface area contributed by atoms with Crippen molar-refractivity contribution in [2.45, 2.75) is 26.3 Å². The average molecular weight is 366 g/mol. The Balaban J connectivity index is 1.34. The lowest BCUT2D eigenvalue weighted by Gasteiger charge is -2.30. The van der Waals surface area contributed by atoms with Crippen molar-refractivity contribution in [3.8, 4) is 11.3 Å². The Morgan fingerprint density at radius 3 is 2.85 bits per heavy atom. The van der Waals surface area contributed by atoms with Gasteiger partial charge in [-0.25, -0.2) is 0 Å². The van der Waals surface area contributed by atoms with E-state index in [0.29, 0.717) is 24.9 Å². The summed E-state index contributed by atoms with van der Waals surface area (Å²) in [6.45, 7) is 3.99. The van der Waals surface area contributed by atoms with Gasteiger partial charge in [-0.3, -0.25) is 14.8 Å². The molecule has 140 valence electrons. The SMILES string of the molecule is Cc1nnc(CN2CCC[C@@H](C(=O)Nc3ccc(-c4ccn[nH]4)cc3)C2)o1. The summed E-state index contributed by atoms with van der Waals surface area (Å²) in [5, 5.41) is 17.8. The monoisotopic (exact) mass is 366 g/mol. The molecule has 8 heteroatoms. The lowest BCUT2D eigenvalue weighted by atomic mass is 9.97. The first-order valence-corrected chi connectivity index (χ1v) is 9.09. The molecule has 3 heterocycles. The molecule has 8 nitrogen and oxygen atoms in total. The van der Waals surface area contributed by atoms with Crippen LogP contribution in [0.2, 0.25) is 0 Å². The zero-order valence-corrected chi connectivity index (χ0v) is 15.2. The van der Waals surface area contributed by atoms with Gasteiger partial charge >= 0.3 is 0 Å². The molecule has 1 aliphatic heterocycles. The average Bonchev–Trinajstić information content (AvgIpc) is 3.35. The fourth-order valence-corrected chi connectivity index (χ4v) is 3.40. The van der Waals surface area contributed by atoms with E-state index in [9.17, 15) is 4.79 Å². The van der Waals surface area contributed by atoms with Crippen LogP contribution < -0.4 is 5.32 Å². The number of likely N-dealkylation sites (tertiary alicyclic amines) is 1. The van der Waals surface area contributed by atoms with Gasteiger partial charge in [-0.15, -0.1) is 10.2 Å². The predicted octanol–water partition coefficient (Wildman–Crippen LogP) is 2.62. The van der Waals surface area contributed by atoms with Crippen LogP contribution >= 0.6 is 0 Å². The van der Waals surface area contributed by atoms with Crippen LogP contribution in [0.4, 0.5) is 5.69 Å². The normalized spacial score (nSPS) is 17.7. The van der Waals surface area contributed by atoms with Crippen molar-refractivity contribution in [2.75, 3.05) is 18.4 Å². The van der Waals surface area contributed by atoms with E-state index in [-0.39, 0.29) is 11.8 Å². The largest absolute Gasteiger partial charge is 0.424 e. The Hall–Kier alpha value is -3.00. The Bertz CT molecular complexity index is 887. The maximum Gasteiger partial charge on any atom is 0.230 e. The predicted molar refractivity (Wildman–Crippen MR) is 99.7 cm³/mol. The smallest absolute Gasteiger partial charge is 0.230 e. The number of anilines is 1. The fraction of sp³-hybridized carbons (Fsp3) is 0.368. The van der Waals surface area contributed by atoms with Crippen LogP contribution in [0.1, 0.15) is 24.6 Å². The van der Waals surface area contributed by atoms with E-state index in [0.717, 1.165) is 36.3 Å². The Morgan fingerprint density at radius 2 is 2.15 bits per heavy atom. The number of aromatic nitrogens is 4. The molecule has 4 rings (SSSR count). The van der Waals surface area contributed by atoms with Crippen LogP contribution in [0.3, 0.4) is 0 Å². The van der Waals surface area contributed by atoms with Crippen molar-refractivity contribution in [2.24, 2.45) is 5.92 Å². The molecular weight excluding hydrogens is 344 g/mol. The summed E-state index contributed by atoms with van der Waals surface area (Å²) in [7, 11) is 0. The maximum atomic E-state index is 12.7. The highest BCUT2D eigenvalue weighted by Crippen LogP contribution is 2.22. The number of nitrogens with one attached hydrogen (secondary N) is 2. The number of piperidine rings is 1. The third kappa shape index (κ3) is 4.22. The highest BCUT2D eigenvalue weighted by atomic mass is 16.4. The summed E-state index contributed by atoms with van der Waals surface area (Å²) in [4.78, 5) is 14.9.